The van der Waals surface area contributed by atoms with Crippen molar-refractivity contribution in [2.45, 2.75) is 20.4 Å². The van der Waals surface area contributed by atoms with Crippen LogP contribution in [0.2, 0.25) is 0 Å². The highest BCUT2D eigenvalue weighted by molar-refractivity contribution is 7.22. The van der Waals surface area contributed by atoms with Gasteiger partial charge in [0.05, 0.1) is 10.2 Å². The maximum Gasteiger partial charge on any atom is 0.184 e. The summed E-state index contributed by atoms with van der Waals surface area (Å²) in [5.74, 6) is 0.361. The Morgan fingerprint density at radius 1 is 1.35 bits per heavy atom. The highest BCUT2D eigenvalue weighted by Gasteiger charge is 2.11. The lowest BCUT2D eigenvalue weighted by molar-refractivity contribution is 0.468. The van der Waals surface area contributed by atoms with E-state index in [1.54, 1.807) is 17.5 Å². The van der Waals surface area contributed by atoms with Crippen molar-refractivity contribution in [1.29, 1.82) is 0 Å². The molecule has 0 spiro atoms. The molecule has 0 radical (unpaired) electrons. The molecule has 4 nitrogen and oxygen atoms in total. The van der Waals surface area contributed by atoms with Crippen LogP contribution < -0.4 is 5.32 Å². The van der Waals surface area contributed by atoms with Crippen molar-refractivity contribution in [2.75, 3.05) is 5.32 Å². The zero-order chi connectivity index (χ0) is 14.1. The van der Waals surface area contributed by atoms with Crippen LogP contribution in [0.3, 0.4) is 0 Å². The van der Waals surface area contributed by atoms with Crippen LogP contribution in [-0.4, -0.2) is 15.1 Å². The van der Waals surface area contributed by atoms with Crippen molar-refractivity contribution in [2.24, 2.45) is 0 Å². The van der Waals surface area contributed by atoms with Crippen LogP contribution in [0.4, 0.5) is 5.13 Å². The molecule has 0 fully saturated rings. The van der Waals surface area contributed by atoms with E-state index in [0.29, 0.717) is 12.3 Å². The first-order valence-electron chi connectivity index (χ1n) is 6.37. The van der Waals surface area contributed by atoms with Crippen LogP contribution in [-0.2, 0) is 6.54 Å². The largest absolute Gasteiger partial charge is 0.507 e. The second kappa shape index (κ2) is 5.09. The molecule has 0 atom stereocenters. The molecule has 0 aliphatic heterocycles. The molecule has 102 valence electrons. The SMILES string of the molecule is Cc1cc2nc(NCc3cccnc3)sc2c(C)c1O. The maximum absolute atomic E-state index is 9.97. The van der Waals surface area contributed by atoms with Crippen LogP contribution in [0.15, 0.2) is 30.6 Å². The van der Waals surface area contributed by atoms with E-state index in [2.05, 4.69) is 15.3 Å². The summed E-state index contributed by atoms with van der Waals surface area (Å²) >= 11 is 1.56. The molecule has 0 unspecified atom stereocenters. The molecular weight excluding hydrogens is 270 g/mol. The van der Waals surface area contributed by atoms with Gasteiger partial charge in [-0.25, -0.2) is 4.98 Å². The number of pyridine rings is 1. The number of benzene rings is 1. The van der Waals surface area contributed by atoms with Crippen LogP contribution >= 0.6 is 11.3 Å². The van der Waals surface area contributed by atoms with E-state index in [1.165, 1.54) is 0 Å². The molecule has 2 heterocycles. The monoisotopic (exact) mass is 285 g/mol. The topological polar surface area (TPSA) is 58.0 Å². The second-order valence-electron chi connectivity index (χ2n) is 4.75. The molecule has 20 heavy (non-hydrogen) atoms. The van der Waals surface area contributed by atoms with Gasteiger partial charge in [0.15, 0.2) is 5.13 Å². The van der Waals surface area contributed by atoms with Crippen LogP contribution in [0.1, 0.15) is 16.7 Å². The average molecular weight is 285 g/mol. The summed E-state index contributed by atoms with van der Waals surface area (Å²) < 4.78 is 1.03. The van der Waals surface area contributed by atoms with E-state index in [9.17, 15) is 5.11 Å². The smallest absolute Gasteiger partial charge is 0.184 e. The fourth-order valence-corrected chi connectivity index (χ4v) is 3.07. The molecular formula is C15H15N3OS. The summed E-state index contributed by atoms with van der Waals surface area (Å²) in [6.45, 7) is 4.51. The first-order valence-corrected chi connectivity index (χ1v) is 7.19. The number of nitrogens with zero attached hydrogens (tertiary/aromatic N) is 2. The van der Waals surface area contributed by atoms with Gasteiger partial charge in [0, 0.05) is 24.5 Å². The third kappa shape index (κ3) is 2.32. The van der Waals surface area contributed by atoms with Gasteiger partial charge in [0.2, 0.25) is 0 Å². The summed E-state index contributed by atoms with van der Waals surface area (Å²) in [7, 11) is 0. The second-order valence-corrected chi connectivity index (χ2v) is 5.75. The quantitative estimate of drug-likeness (QED) is 0.771. The van der Waals surface area contributed by atoms with E-state index in [1.807, 2.05) is 38.2 Å². The molecule has 2 N–H and O–H groups in total. The van der Waals surface area contributed by atoms with Crippen molar-refractivity contribution < 1.29 is 5.11 Å². The van der Waals surface area contributed by atoms with Gasteiger partial charge in [-0.3, -0.25) is 4.98 Å². The number of fused-ring (bicyclic) bond motifs is 1. The van der Waals surface area contributed by atoms with Gasteiger partial charge in [0.25, 0.3) is 0 Å². The van der Waals surface area contributed by atoms with E-state index < -0.39 is 0 Å². The molecule has 3 aromatic rings. The fourth-order valence-electron chi connectivity index (χ4n) is 2.13. The number of phenolic OH excluding ortho intramolecular Hbond substituents is 1. The number of aromatic nitrogens is 2. The van der Waals surface area contributed by atoms with E-state index >= 15 is 0 Å². The average Bonchev–Trinajstić information content (AvgIpc) is 2.87. The van der Waals surface area contributed by atoms with Gasteiger partial charge in [-0.05, 0) is 37.1 Å². The third-order valence-corrected chi connectivity index (χ3v) is 4.39. The predicted molar refractivity (Wildman–Crippen MR) is 82.3 cm³/mol. The molecule has 0 amide bonds. The van der Waals surface area contributed by atoms with Crippen molar-refractivity contribution >= 4 is 26.7 Å². The zero-order valence-electron chi connectivity index (χ0n) is 11.3. The summed E-state index contributed by atoms with van der Waals surface area (Å²) in [5, 5.41) is 14.1. The van der Waals surface area contributed by atoms with Crippen LogP contribution in [0.5, 0.6) is 5.75 Å². The fraction of sp³-hybridized carbons (Fsp3) is 0.200. The lowest BCUT2D eigenvalue weighted by Crippen LogP contribution is -1.98. The van der Waals surface area contributed by atoms with Crippen molar-refractivity contribution in [3.8, 4) is 5.75 Å². The molecule has 0 bridgehead atoms. The number of phenols is 1. The number of aromatic hydroxyl groups is 1. The third-order valence-electron chi connectivity index (χ3n) is 3.24. The number of hydrogen-bond acceptors (Lipinski definition) is 5. The van der Waals surface area contributed by atoms with Gasteiger partial charge in [-0.1, -0.05) is 17.4 Å². The van der Waals surface area contributed by atoms with E-state index in [0.717, 1.165) is 32.0 Å². The minimum Gasteiger partial charge on any atom is -0.507 e. The van der Waals surface area contributed by atoms with Gasteiger partial charge in [-0.2, -0.15) is 0 Å². The Hall–Kier alpha value is -2.14. The van der Waals surface area contributed by atoms with Crippen LogP contribution in [0.25, 0.3) is 10.2 Å². The first kappa shape index (κ1) is 12.9. The van der Waals surface area contributed by atoms with Crippen molar-refractivity contribution in [1.82, 2.24) is 9.97 Å². The molecule has 3 rings (SSSR count). The first-order chi connectivity index (χ1) is 9.65. The number of nitrogens with one attached hydrogen (secondary N) is 1. The Morgan fingerprint density at radius 2 is 2.20 bits per heavy atom. The normalized spacial score (nSPS) is 10.9. The van der Waals surface area contributed by atoms with Crippen molar-refractivity contribution in [3.05, 3.63) is 47.3 Å². The van der Waals surface area contributed by atoms with Gasteiger partial charge < -0.3 is 10.4 Å². The number of anilines is 1. The van der Waals surface area contributed by atoms with E-state index in [4.69, 9.17) is 0 Å². The lowest BCUT2D eigenvalue weighted by Gasteiger charge is -2.02. The molecule has 1 aromatic carbocycles. The summed E-state index contributed by atoms with van der Waals surface area (Å²) in [4.78, 5) is 8.65. The zero-order valence-corrected chi connectivity index (χ0v) is 12.2. The highest BCUT2D eigenvalue weighted by Crippen LogP contribution is 2.35. The summed E-state index contributed by atoms with van der Waals surface area (Å²) in [5.41, 5.74) is 3.80. The van der Waals surface area contributed by atoms with Gasteiger partial charge >= 0.3 is 0 Å². The highest BCUT2D eigenvalue weighted by atomic mass is 32.1. The molecule has 0 saturated heterocycles. The molecule has 0 aliphatic rings. The lowest BCUT2D eigenvalue weighted by atomic mass is 10.1. The number of hydrogen-bond donors (Lipinski definition) is 2. The van der Waals surface area contributed by atoms with Crippen LogP contribution in [0, 0.1) is 13.8 Å². The van der Waals surface area contributed by atoms with Gasteiger partial charge in [0.1, 0.15) is 5.75 Å². The Kier molecular flexibility index (Phi) is 3.28. The number of thiazole rings is 1. The molecule has 2 aromatic heterocycles. The number of aryl methyl sites for hydroxylation is 2. The minimum absolute atomic E-state index is 0.361. The Balaban J connectivity index is 1.88. The maximum atomic E-state index is 9.97. The Labute approximate surface area is 121 Å². The van der Waals surface area contributed by atoms with Crippen molar-refractivity contribution in [3.63, 3.8) is 0 Å². The Morgan fingerprint density at radius 3 is 2.95 bits per heavy atom. The van der Waals surface area contributed by atoms with Gasteiger partial charge in [-0.15, -0.1) is 0 Å². The predicted octanol–water partition coefficient (Wildman–Crippen LogP) is 3.63. The standard InChI is InChI=1S/C15H15N3OS/c1-9-6-12-14(10(2)13(9)19)20-15(18-12)17-8-11-4-3-5-16-7-11/h3-7,19H,8H2,1-2H3,(H,17,18). The Bertz CT molecular complexity index is 753. The number of rotatable bonds is 3. The molecule has 0 aliphatic carbocycles. The summed E-state index contributed by atoms with van der Waals surface area (Å²) in [6, 6.07) is 5.86. The molecule has 5 heteroatoms. The van der Waals surface area contributed by atoms with E-state index in [-0.39, 0.29) is 0 Å². The summed E-state index contributed by atoms with van der Waals surface area (Å²) in [6.07, 6.45) is 3.59. The molecule has 0 saturated carbocycles. The minimum atomic E-state index is 0.361.